The van der Waals surface area contributed by atoms with E-state index in [0.29, 0.717) is 50.4 Å². The number of halogens is 2. The maximum atomic E-state index is 14.2. The Morgan fingerprint density at radius 3 is 2.38 bits per heavy atom. The van der Waals surface area contributed by atoms with Gasteiger partial charge >= 0.3 is 0 Å². The maximum absolute atomic E-state index is 14.2. The van der Waals surface area contributed by atoms with Crippen LogP contribution in [0.1, 0.15) is 24.8 Å². The summed E-state index contributed by atoms with van der Waals surface area (Å²) in [5.74, 6) is -0.838. The predicted octanol–water partition coefficient (Wildman–Crippen LogP) is 1.80. The van der Waals surface area contributed by atoms with Crippen molar-refractivity contribution in [2.45, 2.75) is 25.7 Å². The quantitative estimate of drug-likeness (QED) is 0.823. The molecular formula is C19H23F2N3O2. The number of carbonyl (C=O) groups excluding carboxylic acids is 2. The van der Waals surface area contributed by atoms with E-state index >= 15 is 0 Å². The van der Waals surface area contributed by atoms with Gasteiger partial charge in [0.2, 0.25) is 11.8 Å². The molecule has 0 bridgehead atoms. The molecule has 2 aliphatic heterocycles. The van der Waals surface area contributed by atoms with Crippen LogP contribution >= 0.6 is 0 Å². The molecule has 1 aliphatic carbocycles. The van der Waals surface area contributed by atoms with Crippen LogP contribution in [0.4, 0.5) is 14.5 Å². The van der Waals surface area contributed by atoms with Gasteiger partial charge in [-0.25, -0.2) is 8.78 Å². The number of anilines is 1. The lowest BCUT2D eigenvalue weighted by atomic mass is 10.0. The summed E-state index contributed by atoms with van der Waals surface area (Å²) in [6, 6.07) is 2.24. The average Bonchev–Trinajstić information content (AvgIpc) is 3.46. The number of hydrogen-bond donors (Lipinski definition) is 0. The first kappa shape index (κ1) is 17.2. The van der Waals surface area contributed by atoms with Crippen molar-refractivity contribution in [1.82, 2.24) is 9.80 Å². The van der Waals surface area contributed by atoms with Crippen LogP contribution in [0.15, 0.2) is 12.1 Å². The van der Waals surface area contributed by atoms with Crippen molar-refractivity contribution in [3.63, 3.8) is 0 Å². The Bertz CT molecular complexity index is 728. The highest BCUT2D eigenvalue weighted by Gasteiger charge is 2.35. The molecule has 26 heavy (non-hydrogen) atoms. The lowest BCUT2D eigenvalue weighted by molar-refractivity contribution is -0.139. The van der Waals surface area contributed by atoms with Crippen LogP contribution in [-0.2, 0) is 16.0 Å². The summed E-state index contributed by atoms with van der Waals surface area (Å²) in [4.78, 5) is 30.1. The van der Waals surface area contributed by atoms with Gasteiger partial charge in [-0.15, -0.1) is 0 Å². The molecule has 1 aromatic carbocycles. The number of rotatable bonds is 3. The molecule has 0 spiro atoms. The Balaban J connectivity index is 1.38. The minimum absolute atomic E-state index is 0.0694. The van der Waals surface area contributed by atoms with Crippen molar-refractivity contribution >= 4 is 17.5 Å². The Kier molecular flexibility index (Phi) is 4.54. The summed E-state index contributed by atoms with van der Waals surface area (Å²) in [6.45, 7) is 2.84. The van der Waals surface area contributed by atoms with Crippen molar-refractivity contribution < 1.29 is 18.4 Å². The fourth-order valence-electron chi connectivity index (χ4n) is 3.92. The van der Waals surface area contributed by atoms with Crippen LogP contribution in [0, 0.1) is 17.6 Å². The van der Waals surface area contributed by atoms with Crippen molar-refractivity contribution in [2.24, 2.45) is 5.92 Å². The molecule has 2 amide bonds. The standard InChI is InChI=1S/C19H23F2N3O2/c20-15-10-14-2-1-5-24(18(14)16(21)11-15)12-17(25)22-6-8-23(9-7-22)19(26)13-3-4-13/h10-11,13H,1-9,12H2. The molecule has 5 nitrogen and oxygen atoms in total. The minimum Gasteiger partial charge on any atom is -0.360 e. The largest absolute Gasteiger partial charge is 0.360 e. The van der Waals surface area contributed by atoms with E-state index in [4.69, 9.17) is 0 Å². The molecule has 0 aromatic heterocycles. The number of fused-ring (bicyclic) bond motifs is 1. The van der Waals surface area contributed by atoms with Gasteiger partial charge in [0.15, 0.2) is 0 Å². The molecule has 140 valence electrons. The summed E-state index contributed by atoms with van der Waals surface area (Å²) in [6.07, 6.45) is 3.36. The van der Waals surface area contributed by atoms with Crippen LogP contribution in [0.5, 0.6) is 0 Å². The van der Waals surface area contributed by atoms with E-state index in [9.17, 15) is 18.4 Å². The molecule has 1 saturated heterocycles. The second kappa shape index (κ2) is 6.85. The highest BCUT2D eigenvalue weighted by Crippen LogP contribution is 2.32. The van der Waals surface area contributed by atoms with E-state index in [1.165, 1.54) is 6.07 Å². The Hall–Kier alpha value is -2.18. The van der Waals surface area contributed by atoms with E-state index in [0.717, 1.165) is 25.3 Å². The second-order valence-electron chi connectivity index (χ2n) is 7.40. The van der Waals surface area contributed by atoms with Gasteiger partial charge in [-0.05, 0) is 37.3 Å². The average molecular weight is 363 g/mol. The highest BCUT2D eigenvalue weighted by molar-refractivity contribution is 5.83. The van der Waals surface area contributed by atoms with Crippen LogP contribution in [-0.4, -0.2) is 60.9 Å². The number of aryl methyl sites for hydroxylation is 1. The Morgan fingerprint density at radius 1 is 1.00 bits per heavy atom. The molecule has 1 saturated carbocycles. The van der Waals surface area contributed by atoms with Gasteiger partial charge in [-0.2, -0.15) is 0 Å². The molecule has 3 aliphatic rings. The van der Waals surface area contributed by atoms with Crippen molar-refractivity contribution in [2.75, 3.05) is 44.2 Å². The first-order chi connectivity index (χ1) is 12.5. The SMILES string of the molecule is O=C(CN1CCCc2cc(F)cc(F)c21)N1CCN(C(=O)C2CC2)CC1. The van der Waals surface area contributed by atoms with Crippen LogP contribution in [0.25, 0.3) is 0 Å². The number of hydrogen-bond acceptors (Lipinski definition) is 3. The first-order valence-corrected chi connectivity index (χ1v) is 9.32. The van der Waals surface area contributed by atoms with Crippen molar-refractivity contribution in [1.29, 1.82) is 0 Å². The van der Waals surface area contributed by atoms with Gasteiger partial charge in [0.1, 0.15) is 11.6 Å². The highest BCUT2D eigenvalue weighted by atomic mass is 19.1. The molecule has 0 unspecified atom stereocenters. The van der Waals surface area contributed by atoms with E-state index in [1.54, 1.807) is 9.80 Å². The molecule has 2 fully saturated rings. The molecule has 0 N–H and O–H groups in total. The number of nitrogens with zero attached hydrogens (tertiary/aromatic N) is 3. The zero-order valence-electron chi connectivity index (χ0n) is 14.7. The molecule has 1 aromatic rings. The van der Waals surface area contributed by atoms with Crippen molar-refractivity contribution in [3.8, 4) is 0 Å². The minimum atomic E-state index is -0.604. The van der Waals surface area contributed by atoms with E-state index in [2.05, 4.69) is 0 Å². The third-order valence-corrected chi connectivity index (χ3v) is 5.49. The zero-order valence-corrected chi connectivity index (χ0v) is 14.7. The summed E-state index contributed by atoms with van der Waals surface area (Å²) < 4.78 is 27.7. The molecule has 7 heteroatoms. The van der Waals surface area contributed by atoms with E-state index < -0.39 is 11.6 Å². The fourth-order valence-corrected chi connectivity index (χ4v) is 3.92. The second-order valence-corrected chi connectivity index (χ2v) is 7.40. The van der Waals surface area contributed by atoms with Gasteiger partial charge in [0.25, 0.3) is 0 Å². The summed E-state index contributed by atoms with van der Waals surface area (Å²) in [5, 5.41) is 0. The molecular weight excluding hydrogens is 340 g/mol. The topological polar surface area (TPSA) is 43.9 Å². The van der Waals surface area contributed by atoms with E-state index in [1.807, 2.05) is 4.90 Å². The lowest BCUT2D eigenvalue weighted by Gasteiger charge is -2.37. The van der Waals surface area contributed by atoms with Gasteiger partial charge in [-0.1, -0.05) is 0 Å². The molecule has 4 rings (SSSR count). The Labute approximate surface area is 151 Å². The van der Waals surface area contributed by atoms with Gasteiger partial charge < -0.3 is 14.7 Å². The smallest absolute Gasteiger partial charge is 0.242 e. The number of carbonyl (C=O) groups is 2. The summed E-state index contributed by atoms with van der Waals surface area (Å²) in [7, 11) is 0. The summed E-state index contributed by atoms with van der Waals surface area (Å²) >= 11 is 0. The van der Waals surface area contributed by atoms with E-state index in [-0.39, 0.29) is 24.3 Å². The predicted molar refractivity (Wildman–Crippen MR) is 92.8 cm³/mol. The van der Waals surface area contributed by atoms with Crippen LogP contribution in [0.2, 0.25) is 0 Å². The third kappa shape index (κ3) is 3.39. The molecule has 2 heterocycles. The fraction of sp³-hybridized carbons (Fsp3) is 0.579. The van der Waals surface area contributed by atoms with Gasteiger partial charge in [-0.3, -0.25) is 9.59 Å². The molecule has 0 atom stereocenters. The Morgan fingerprint density at radius 2 is 1.69 bits per heavy atom. The summed E-state index contributed by atoms with van der Waals surface area (Å²) in [5.41, 5.74) is 0.981. The van der Waals surface area contributed by atoms with Crippen molar-refractivity contribution in [3.05, 3.63) is 29.3 Å². The lowest BCUT2D eigenvalue weighted by Crippen LogP contribution is -2.53. The number of benzene rings is 1. The van der Waals surface area contributed by atoms with Gasteiger partial charge in [0.05, 0.1) is 12.2 Å². The monoisotopic (exact) mass is 363 g/mol. The number of piperazine rings is 1. The van der Waals surface area contributed by atoms with Crippen LogP contribution < -0.4 is 4.90 Å². The normalized spacial score (nSPS) is 20.2. The first-order valence-electron chi connectivity index (χ1n) is 9.32. The zero-order chi connectivity index (χ0) is 18.3. The maximum Gasteiger partial charge on any atom is 0.242 e. The molecule has 0 radical (unpaired) electrons. The van der Waals surface area contributed by atoms with Gasteiger partial charge in [0, 0.05) is 44.7 Å². The third-order valence-electron chi connectivity index (χ3n) is 5.49. The van der Waals surface area contributed by atoms with Crippen LogP contribution in [0.3, 0.4) is 0 Å². The number of amides is 2.